The third-order valence-corrected chi connectivity index (χ3v) is 5.49. The van der Waals surface area contributed by atoms with Gasteiger partial charge in [-0.15, -0.1) is 0 Å². The normalized spacial score (nSPS) is 14.2. The molecule has 0 bridgehead atoms. The Kier molecular flexibility index (Phi) is 3.97. The molecule has 0 saturated carbocycles. The quantitative estimate of drug-likeness (QED) is 0.627. The van der Waals surface area contributed by atoms with Gasteiger partial charge in [0.25, 0.3) is 0 Å². The number of benzene rings is 2. The highest BCUT2D eigenvalue weighted by atomic mass is 16.7. The zero-order valence-electron chi connectivity index (χ0n) is 16.5. The van der Waals surface area contributed by atoms with Gasteiger partial charge in [-0.2, -0.15) is 4.57 Å². The number of hydrogen-bond acceptors (Lipinski definition) is 5. The molecule has 0 N–H and O–H groups in total. The maximum absolute atomic E-state index is 12.4. The smallest absolute Gasteiger partial charge is 0.231 e. The van der Waals surface area contributed by atoms with Crippen LogP contribution in [0.1, 0.15) is 6.92 Å². The first-order valence-electron chi connectivity index (χ1n) is 9.40. The van der Waals surface area contributed by atoms with E-state index in [0.29, 0.717) is 36.1 Å². The second kappa shape index (κ2) is 6.55. The molecule has 0 unspecified atom stereocenters. The Balaban J connectivity index is 1.78. The van der Waals surface area contributed by atoms with Gasteiger partial charge < -0.3 is 23.8 Å². The van der Waals surface area contributed by atoms with Crippen molar-refractivity contribution in [2.45, 2.75) is 13.5 Å². The van der Waals surface area contributed by atoms with Gasteiger partial charge in [-0.3, -0.25) is 4.79 Å². The zero-order chi connectivity index (χ0) is 20.1. The Bertz CT molecular complexity index is 1160. The topological polar surface area (TPSA) is 61.1 Å². The fourth-order valence-electron chi connectivity index (χ4n) is 4.05. The molecular weight excluding hydrogens is 372 g/mol. The standard InChI is InChI=1S/C22H21N2O5/c1-13(25)24-5-4-23-11-15-8-20(27-3)19(26-2)7-14(15)6-17(23)16-9-21-22(10-18(16)24)29-12-28-21/h6-11H,4-5,12H2,1-3H3/q+1. The summed E-state index contributed by atoms with van der Waals surface area (Å²) in [5.74, 6) is 2.70. The van der Waals surface area contributed by atoms with Gasteiger partial charge in [-0.25, -0.2) is 0 Å². The average molecular weight is 393 g/mol. The summed E-state index contributed by atoms with van der Waals surface area (Å²) in [5.41, 5.74) is 2.76. The molecular formula is C22H21N2O5+. The van der Waals surface area contributed by atoms with E-state index in [2.05, 4.69) is 16.8 Å². The van der Waals surface area contributed by atoms with Crippen LogP contribution >= 0.6 is 0 Å². The average Bonchev–Trinajstić information content (AvgIpc) is 3.12. The van der Waals surface area contributed by atoms with Gasteiger partial charge in [0.2, 0.25) is 18.4 Å². The Labute approximate surface area is 168 Å². The molecule has 0 fully saturated rings. The molecule has 0 aliphatic carbocycles. The van der Waals surface area contributed by atoms with Crippen molar-refractivity contribution in [3.63, 3.8) is 0 Å². The molecule has 7 heteroatoms. The lowest BCUT2D eigenvalue weighted by atomic mass is 10.0. The number of carbonyl (C=O) groups is 1. The minimum Gasteiger partial charge on any atom is -0.493 e. The number of fused-ring (bicyclic) bond motifs is 5. The van der Waals surface area contributed by atoms with Gasteiger partial charge >= 0.3 is 0 Å². The lowest BCUT2D eigenvalue weighted by molar-refractivity contribution is -0.681. The molecule has 5 rings (SSSR count). The summed E-state index contributed by atoms with van der Waals surface area (Å²) in [6, 6.07) is 9.90. The summed E-state index contributed by atoms with van der Waals surface area (Å²) in [6.07, 6.45) is 2.09. The zero-order valence-corrected chi connectivity index (χ0v) is 16.5. The van der Waals surface area contributed by atoms with Crippen molar-refractivity contribution in [1.29, 1.82) is 0 Å². The van der Waals surface area contributed by atoms with Crippen molar-refractivity contribution in [1.82, 2.24) is 0 Å². The Morgan fingerprint density at radius 2 is 1.69 bits per heavy atom. The number of nitrogens with zero attached hydrogens (tertiary/aromatic N) is 2. The van der Waals surface area contributed by atoms with E-state index in [4.69, 9.17) is 18.9 Å². The van der Waals surface area contributed by atoms with Crippen LogP contribution in [0.2, 0.25) is 0 Å². The lowest BCUT2D eigenvalue weighted by Crippen LogP contribution is -2.41. The first-order chi connectivity index (χ1) is 14.1. The molecule has 29 heavy (non-hydrogen) atoms. The first kappa shape index (κ1) is 17.6. The molecule has 1 aromatic heterocycles. The number of carbonyl (C=O) groups excluding carboxylic acids is 1. The van der Waals surface area contributed by atoms with Crippen LogP contribution in [0.15, 0.2) is 36.5 Å². The monoisotopic (exact) mass is 393 g/mol. The maximum atomic E-state index is 12.4. The largest absolute Gasteiger partial charge is 0.493 e. The van der Waals surface area contributed by atoms with Crippen LogP contribution in [0.25, 0.3) is 22.0 Å². The van der Waals surface area contributed by atoms with Crippen molar-refractivity contribution in [2.75, 3.05) is 32.5 Å². The molecule has 0 spiro atoms. The molecule has 7 nitrogen and oxygen atoms in total. The third-order valence-electron chi connectivity index (χ3n) is 5.49. The number of pyridine rings is 1. The molecule has 148 valence electrons. The van der Waals surface area contributed by atoms with Gasteiger partial charge in [-0.05, 0) is 17.5 Å². The van der Waals surface area contributed by atoms with E-state index >= 15 is 0 Å². The van der Waals surface area contributed by atoms with Crippen molar-refractivity contribution >= 4 is 22.4 Å². The summed E-state index contributed by atoms with van der Waals surface area (Å²) in [4.78, 5) is 14.2. The number of amides is 1. The summed E-state index contributed by atoms with van der Waals surface area (Å²) in [6.45, 7) is 3.01. The minimum absolute atomic E-state index is 0.00795. The van der Waals surface area contributed by atoms with Gasteiger partial charge in [0.05, 0.1) is 32.0 Å². The number of methoxy groups -OCH3 is 2. The fourth-order valence-corrected chi connectivity index (χ4v) is 4.05. The number of anilines is 1. The van der Waals surface area contributed by atoms with E-state index in [-0.39, 0.29) is 12.7 Å². The van der Waals surface area contributed by atoms with Crippen LogP contribution in [0.3, 0.4) is 0 Å². The minimum atomic E-state index is -0.00795. The Morgan fingerprint density at radius 3 is 2.38 bits per heavy atom. The highest BCUT2D eigenvalue weighted by Crippen LogP contribution is 2.43. The molecule has 0 saturated heterocycles. The highest BCUT2D eigenvalue weighted by molar-refractivity contribution is 5.98. The van der Waals surface area contributed by atoms with Crippen LogP contribution in [0, 0.1) is 0 Å². The molecule has 2 aliphatic rings. The SMILES string of the molecule is COc1cc2cc3[n+](cc2cc1OC)CCN(C(C)=O)c1cc2c(cc1-3)OCO2. The van der Waals surface area contributed by atoms with Crippen LogP contribution in [0.5, 0.6) is 23.0 Å². The lowest BCUT2D eigenvalue weighted by Gasteiger charge is -2.19. The highest BCUT2D eigenvalue weighted by Gasteiger charge is 2.31. The van der Waals surface area contributed by atoms with E-state index in [9.17, 15) is 4.79 Å². The maximum Gasteiger partial charge on any atom is 0.231 e. The number of ether oxygens (including phenoxy) is 4. The van der Waals surface area contributed by atoms with Crippen molar-refractivity contribution < 1.29 is 28.3 Å². The fraction of sp³-hybridized carbons (Fsp3) is 0.273. The van der Waals surface area contributed by atoms with Gasteiger partial charge in [0.15, 0.2) is 35.7 Å². The van der Waals surface area contributed by atoms with Crippen LogP contribution in [-0.4, -0.2) is 33.5 Å². The molecule has 0 atom stereocenters. The van der Waals surface area contributed by atoms with E-state index < -0.39 is 0 Å². The molecule has 2 aromatic carbocycles. The Morgan fingerprint density at radius 1 is 1.00 bits per heavy atom. The van der Waals surface area contributed by atoms with Crippen molar-refractivity contribution in [3.8, 4) is 34.3 Å². The number of rotatable bonds is 2. The van der Waals surface area contributed by atoms with Gasteiger partial charge in [-0.1, -0.05) is 0 Å². The second-order valence-electron chi connectivity index (χ2n) is 7.08. The summed E-state index contributed by atoms with van der Waals surface area (Å²) in [5, 5.41) is 2.05. The van der Waals surface area contributed by atoms with Crippen LogP contribution < -0.4 is 28.4 Å². The van der Waals surface area contributed by atoms with Crippen molar-refractivity contribution in [3.05, 3.63) is 36.5 Å². The predicted octanol–water partition coefficient (Wildman–Crippen LogP) is 2.91. The Hall–Kier alpha value is -3.48. The molecule has 1 amide bonds. The van der Waals surface area contributed by atoms with Gasteiger partial charge in [0, 0.05) is 30.5 Å². The van der Waals surface area contributed by atoms with Crippen LogP contribution in [0.4, 0.5) is 5.69 Å². The molecule has 3 aromatic rings. The molecule has 3 heterocycles. The van der Waals surface area contributed by atoms with Crippen molar-refractivity contribution in [2.24, 2.45) is 0 Å². The van der Waals surface area contributed by atoms with Crippen LogP contribution in [-0.2, 0) is 11.3 Å². The summed E-state index contributed by atoms with van der Waals surface area (Å²) < 4.78 is 24.2. The summed E-state index contributed by atoms with van der Waals surface area (Å²) in [7, 11) is 3.26. The first-order valence-corrected chi connectivity index (χ1v) is 9.40. The molecule has 2 aliphatic heterocycles. The van der Waals surface area contributed by atoms with E-state index in [0.717, 1.165) is 27.7 Å². The molecule has 0 radical (unpaired) electrons. The van der Waals surface area contributed by atoms with E-state index in [1.54, 1.807) is 26.0 Å². The predicted molar refractivity (Wildman–Crippen MR) is 107 cm³/mol. The van der Waals surface area contributed by atoms with E-state index in [1.165, 1.54) is 0 Å². The second-order valence-corrected chi connectivity index (χ2v) is 7.08. The van der Waals surface area contributed by atoms with E-state index in [1.807, 2.05) is 24.3 Å². The third kappa shape index (κ3) is 2.73. The number of hydrogen-bond donors (Lipinski definition) is 0. The number of aromatic nitrogens is 1. The summed E-state index contributed by atoms with van der Waals surface area (Å²) >= 11 is 0. The van der Waals surface area contributed by atoms with Gasteiger partial charge in [0.1, 0.15) is 0 Å².